The number of carbonyl (C=O) groups excluding carboxylic acids is 4. The van der Waals surface area contributed by atoms with Crippen LogP contribution in [0.1, 0.15) is 64.3 Å². The summed E-state index contributed by atoms with van der Waals surface area (Å²) in [7, 11) is 1.23. The van der Waals surface area contributed by atoms with Crippen LogP contribution in [0.3, 0.4) is 0 Å². The molecule has 33 heavy (non-hydrogen) atoms. The number of hydrogen-bond donors (Lipinski definition) is 2. The largest absolute Gasteiger partial charge is 0.468 e. The van der Waals surface area contributed by atoms with E-state index in [1.807, 2.05) is 26.0 Å². The van der Waals surface area contributed by atoms with Crippen molar-refractivity contribution < 1.29 is 28.7 Å². The van der Waals surface area contributed by atoms with Crippen LogP contribution in [-0.4, -0.2) is 60.1 Å². The smallest absolute Gasteiger partial charge is 0.408 e. The second kappa shape index (κ2) is 11.2. The minimum Gasteiger partial charge on any atom is -0.468 e. The van der Waals surface area contributed by atoms with Crippen LogP contribution in [0.2, 0.25) is 0 Å². The Hall–Kier alpha value is -3.10. The Bertz CT molecular complexity index is 883. The van der Waals surface area contributed by atoms with Gasteiger partial charge in [-0.3, -0.25) is 14.4 Å². The first-order valence-corrected chi connectivity index (χ1v) is 10.8. The molecule has 9 nitrogen and oxygen atoms in total. The molecule has 3 amide bonds. The van der Waals surface area contributed by atoms with Gasteiger partial charge in [-0.15, -0.1) is 0 Å². The lowest BCUT2D eigenvalue weighted by Gasteiger charge is -2.41. The summed E-state index contributed by atoms with van der Waals surface area (Å²) in [6, 6.07) is 4.52. The quantitative estimate of drug-likeness (QED) is 0.601. The molecule has 0 radical (unpaired) electrons. The number of carbonyl (C=O) groups is 4. The van der Waals surface area contributed by atoms with Gasteiger partial charge in [0.15, 0.2) is 0 Å². The highest BCUT2D eigenvalue weighted by Gasteiger charge is 2.39. The zero-order chi connectivity index (χ0) is 25.6. The minimum absolute atomic E-state index is 0.334. The Labute approximate surface area is 196 Å². The van der Waals surface area contributed by atoms with Gasteiger partial charge >= 0.3 is 12.1 Å². The number of aryl methyl sites for hydroxylation is 2. The van der Waals surface area contributed by atoms with Crippen molar-refractivity contribution >= 4 is 23.9 Å². The second-order valence-electron chi connectivity index (χ2n) is 9.85. The SMILES string of the molecule is COC(=O)CNC(=O)C(c1ccc(C)cc1C)N(C(=O)CNC(=O)OC(C)(C)C)C(C)(C)C. The van der Waals surface area contributed by atoms with Gasteiger partial charge in [0.2, 0.25) is 11.8 Å². The highest BCUT2D eigenvalue weighted by Crippen LogP contribution is 2.31. The summed E-state index contributed by atoms with van der Waals surface area (Å²) < 4.78 is 9.81. The van der Waals surface area contributed by atoms with Gasteiger partial charge in [-0.1, -0.05) is 23.8 Å². The van der Waals surface area contributed by atoms with Crippen molar-refractivity contribution in [2.75, 3.05) is 20.2 Å². The molecule has 1 unspecified atom stereocenters. The third kappa shape index (κ3) is 8.75. The molecule has 0 saturated carbocycles. The summed E-state index contributed by atoms with van der Waals surface area (Å²) in [5.41, 5.74) is 0.924. The summed E-state index contributed by atoms with van der Waals surface area (Å²) in [6.07, 6.45) is -0.733. The third-order valence-electron chi connectivity index (χ3n) is 4.64. The van der Waals surface area contributed by atoms with Crippen LogP contribution in [0.15, 0.2) is 18.2 Å². The topological polar surface area (TPSA) is 114 Å². The van der Waals surface area contributed by atoms with E-state index in [0.29, 0.717) is 5.56 Å². The Morgan fingerprint density at radius 1 is 0.970 bits per heavy atom. The van der Waals surface area contributed by atoms with E-state index in [9.17, 15) is 19.2 Å². The van der Waals surface area contributed by atoms with Gasteiger partial charge in [-0.2, -0.15) is 0 Å². The summed E-state index contributed by atoms with van der Waals surface area (Å²) in [5.74, 6) is -1.62. The predicted octanol–water partition coefficient (Wildman–Crippen LogP) is 2.79. The maximum Gasteiger partial charge on any atom is 0.408 e. The molecule has 0 aliphatic carbocycles. The van der Waals surface area contributed by atoms with Gasteiger partial charge in [-0.05, 0) is 66.5 Å². The van der Waals surface area contributed by atoms with E-state index in [4.69, 9.17) is 4.74 Å². The lowest BCUT2D eigenvalue weighted by atomic mass is 9.93. The summed E-state index contributed by atoms with van der Waals surface area (Å²) in [5, 5.41) is 5.02. The fourth-order valence-electron chi connectivity index (χ4n) is 3.31. The van der Waals surface area contributed by atoms with E-state index in [-0.39, 0.29) is 13.1 Å². The number of alkyl carbamates (subject to hydrolysis) is 1. The molecule has 184 valence electrons. The highest BCUT2D eigenvalue weighted by atomic mass is 16.6. The van der Waals surface area contributed by atoms with Gasteiger partial charge in [0.05, 0.1) is 7.11 Å². The molecule has 1 aromatic rings. The number of rotatable bonds is 7. The van der Waals surface area contributed by atoms with Crippen molar-refractivity contribution in [3.05, 3.63) is 34.9 Å². The van der Waals surface area contributed by atoms with Crippen LogP contribution in [-0.2, 0) is 23.9 Å². The molecule has 0 bridgehead atoms. The Balaban J connectivity index is 3.34. The number of hydrogen-bond acceptors (Lipinski definition) is 6. The summed E-state index contributed by atoms with van der Waals surface area (Å²) in [4.78, 5) is 51.7. The first-order chi connectivity index (χ1) is 15.1. The molecular formula is C24H37N3O6. The van der Waals surface area contributed by atoms with Crippen molar-refractivity contribution in [3.63, 3.8) is 0 Å². The lowest BCUT2D eigenvalue weighted by molar-refractivity contribution is -0.147. The van der Waals surface area contributed by atoms with Crippen LogP contribution >= 0.6 is 0 Å². The van der Waals surface area contributed by atoms with Gasteiger partial charge in [-0.25, -0.2) is 4.79 Å². The number of nitrogens with zero attached hydrogens (tertiary/aromatic N) is 1. The lowest BCUT2D eigenvalue weighted by Crippen LogP contribution is -2.55. The van der Waals surface area contributed by atoms with Crippen LogP contribution in [0, 0.1) is 13.8 Å². The maximum absolute atomic E-state index is 13.3. The molecule has 2 N–H and O–H groups in total. The van der Waals surface area contributed by atoms with Crippen LogP contribution in [0.4, 0.5) is 4.79 Å². The van der Waals surface area contributed by atoms with Crippen molar-refractivity contribution in [1.29, 1.82) is 0 Å². The minimum atomic E-state index is -1.04. The van der Waals surface area contributed by atoms with E-state index < -0.39 is 41.1 Å². The summed E-state index contributed by atoms with van der Waals surface area (Å²) in [6.45, 7) is 13.6. The van der Waals surface area contributed by atoms with Crippen LogP contribution < -0.4 is 10.6 Å². The molecule has 0 fully saturated rings. The standard InChI is InChI=1S/C24H37N3O6/c1-15-10-11-17(16(2)12-15)20(21(30)25-14-19(29)32-9)27(23(3,4)5)18(28)13-26-22(31)33-24(6,7)8/h10-12,20H,13-14H2,1-9H3,(H,25,30)(H,26,31). The average molecular weight is 464 g/mol. The van der Waals surface area contributed by atoms with E-state index in [1.54, 1.807) is 47.6 Å². The number of methoxy groups -OCH3 is 1. The second-order valence-corrected chi connectivity index (χ2v) is 9.85. The van der Waals surface area contributed by atoms with Crippen molar-refractivity contribution in [1.82, 2.24) is 15.5 Å². The Morgan fingerprint density at radius 2 is 1.58 bits per heavy atom. The average Bonchev–Trinajstić information content (AvgIpc) is 2.66. The first kappa shape index (κ1) is 27.9. The molecule has 0 aliphatic heterocycles. The molecule has 1 aromatic carbocycles. The molecular weight excluding hydrogens is 426 g/mol. The molecule has 0 aliphatic rings. The molecule has 1 rings (SSSR count). The number of amides is 3. The number of benzene rings is 1. The van der Waals surface area contributed by atoms with E-state index in [2.05, 4.69) is 15.4 Å². The van der Waals surface area contributed by atoms with E-state index in [0.717, 1.165) is 11.1 Å². The van der Waals surface area contributed by atoms with Crippen LogP contribution in [0.5, 0.6) is 0 Å². The monoisotopic (exact) mass is 463 g/mol. The van der Waals surface area contributed by atoms with Gasteiger partial charge < -0.3 is 25.0 Å². The van der Waals surface area contributed by atoms with Crippen molar-refractivity contribution in [2.24, 2.45) is 0 Å². The predicted molar refractivity (Wildman–Crippen MR) is 125 cm³/mol. The summed E-state index contributed by atoms with van der Waals surface area (Å²) >= 11 is 0. The fraction of sp³-hybridized carbons (Fsp3) is 0.583. The van der Waals surface area contributed by atoms with Gasteiger partial charge in [0.25, 0.3) is 0 Å². The molecule has 9 heteroatoms. The molecule has 0 saturated heterocycles. The molecule has 0 spiro atoms. The Morgan fingerprint density at radius 3 is 2.06 bits per heavy atom. The Kier molecular flexibility index (Phi) is 9.45. The van der Waals surface area contributed by atoms with Gasteiger partial charge in [0.1, 0.15) is 24.7 Å². The van der Waals surface area contributed by atoms with Crippen molar-refractivity contribution in [3.8, 4) is 0 Å². The van der Waals surface area contributed by atoms with E-state index >= 15 is 0 Å². The molecule has 0 heterocycles. The zero-order valence-electron chi connectivity index (χ0n) is 21.1. The maximum atomic E-state index is 13.3. The van der Waals surface area contributed by atoms with Crippen molar-refractivity contribution in [2.45, 2.75) is 72.6 Å². The molecule has 1 atom stereocenters. The van der Waals surface area contributed by atoms with E-state index in [1.165, 1.54) is 12.0 Å². The first-order valence-electron chi connectivity index (χ1n) is 10.8. The van der Waals surface area contributed by atoms with Gasteiger partial charge in [0, 0.05) is 5.54 Å². The number of esters is 1. The zero-order valence-corrected chi connectivity index (χ0v) is 21.1. The van der Waals surface area contributed by atoms with Crippen LogP contribution in [0.25, 0.3) is 0 Å². The normalized spacial score (nSPS) is 12.4. The highest BCUT2D eigenvalue weighted by molar-refractivity contribution is 5.92. The molecule has 0 aromatic heterocycles. The fourth-order valence-corrected chi connectivity index (χ4v) is 3.31. The number of ether oxygens (including phenoxy) is 2. The third-order valence-corrected chi connectivity index (χ3v) is 4.64. The number of nitrogens with one attached hydrogen (secondary N) is 2.